The fourth-order valence-electron chi connectivity index (χ4n) is 6.40. The third-order valence-electron chi connectivity index (χ3n) is 8.76. The minimum Gasteiger partial charge on any atom is -0.300 e. The number of hydrogen-bond donors (Lipinski definition) is 0. The molecule has 2 fully saturated rings. The summed E-state index contributed by atoms with van der Waals surface area (Å²) in [4.78, 5) is 5.43. The van der Waals surface area contributed by atoms with Crippen molar-refractivity contribution in [1.29, 1.82) is 0 Å². The molecular weight excluding hydrogens is 412 g/mol. The van der Waals surface area contributed by atoms with Crippen LogP contribution in [-0.2, 0) is 0 Å². The first-order valence-electron chi connectivity index (χ1n) is 13.9. The van der Waals surface area contributed by atoms with E-state index in [9.17, 15) is 0 Å². The Bertz CT molecular complexity index is 899. The van der Waals surface area contributed by atoms with Gasteiger partial charge in [-0.25, -0.2) is 0 Å². The summed E-state index contributed by atoms with van der Waals surface area (Å²) in [6.07, 6.45) is 21.9. The standard InChI is InChI=1S/C32H46N2/c1-27-15-14-18-30(25-27)31(32(3)19-12-8-4-5-9-13-20-32)26-33-21-23-34(24-22-33)28(2)29-16-10-6-7-11-17-29/h6,10-11,14-18,25,28,31H,4-5,8-9,12-13,19-24,26H2,1-3H3/t28-,31?/m1/s1. The Morgan fingerprint density at radius 1 is 0.941 bits per heavy atom. The molecule has 34 heavy (non-hydrogen) atoms. The van der Waals surface area contributed by atoms with E-state index in [0.717, 1.165) is 13.1 Å². The summed E-state index contributed by atoms with van der Waals surface area (Å²) in [7, 11) is 0. The lowest BCUT2D eigenvalue weighted by atomic mass is 9.67. The number of hydrogen-bond acceptors (Lipinski definition) is 2. The third-order valence-corrected chi connectivity index (χ3v) is 8.76. The molecule has 1 saturated heterocycles. The predicted octanol–water partition coefficient (Wildman–Crippen LogP) is 7.43. The molecule has 1 unspecified atom stereocenters. The van der Waals surface area contributed by atoms with E-state index in [1.54, 1.807) is 5.56 Å². The van der Waals surface area contributed by atoms with Crippen molar-refractivity contribution in [1.82, 2.24) is 9.80 Å². The molecule has 3 aliphatic rings. The molecule has 0 radical (unpaired) electrons. The van der Waals surface area contributed by atoms with Crippen LogP contribution in [-0.4, -0.2) is 48.6 Å². The molecule has 184 valence electrons. The second-order valence-corrected chi connectivity index (χ2v) is 11.3. The number of allylic oxidation sites excluding steroid dienone is 3. The van der Waals surface area contributed by atoms with Crippen molar-refractivity contribution in [3.05, 3.63) is 77.1 Å². The second kappa shape index (κ2) is 12.2. The summed E-state index contributed by atoms with van der Waals surface area (Å²) in [6, 6.07) is 9.90. The van der Waals surface area contributed by atoms with Gasteiger partial charge in [0.1, 0.15) is 0 Å². The van der Waals surface area contributed by atoms with Gasteiger partial charge in [0.2, 0.25) is 0 Å². The molecule has 4 rings (SSSR count). The normalized spacial score (nSPS) is 23.9. The van der Waals surface area contributed by atoms with Crippen LogP contribution in [0.5, 0.6) is 0 Å². The molecule has 0 amide bonds. The number of nitrogens with zero attached hydrogens (tertiary/aromatic N) is 2. The van der Waals surface area contributed by atoms with E-state index < -0.39 is 0 Å². The van der Waals surface area contributed by atoms with Gasteiger partial charge >= 0.3 is 0 Å². The zero-order valence-corrected chi connectivity index (χ0v) is 21.9. The Morgan fingerprint density at radius 3 is 2.35 bits per heavy atom. The van der Waals surface area contributed by atoms with E-state index in [0.29, 0.717) is 17.4 Å². The van der Waals surface area contributed by atoms with Crippen molar-refractivity contribution in [3.63, 3.8) is 0 Å². The lowest BCUT2D eigenvalue weighted by molar-refractivity contribution is 0.0845. The van der Waals surface area contributed by atoms with E-state index in [-0.39, 0.29) is 0 Å². The summed E-state index contributed by atoms with van der Waals surface area (Å²) in [5.41, 5.74) is 7.96. The topological polar surface area (TPSA) is 6.48 Å². The van der Waals surface area contributed by atoms with Crippen molar-refractivity contribution < 1.29 is 0 Å². The molecule has 2 heteroatoms. The van der Waals surface area contributed by atoms with Crippen LogP contribution in [0.4, 0.5) is 0 Å². The quantitative estimate of drug-likeness (QED) is 0.409. The zero-order chi connectivity index (χ0) is 23.8. The van der Waals surface area contributed by atoms with Gasteiger partial charge in [-0.15, -0.1) is 5.73 Å². The average Bonchev–Trinajstić information content (AvgIpc) is 3.07. The third kappa shape index (κ3) is 6.63. The molecule has 1 aromatic carbocycles. The lowest BCUT2D eigenvalue weighted by Gasteiger charge is -2.44. The Morgan fingerprint density at radius 2 is 1.65 bits per heavy atom. The number of rotatable bonds is 6. The van der Waals surface area contributed by atoms with Gasteiger partial charge in [0.15, 0.2) is 0 Å². The molecule has 0 spiro atoms. The van der Waals surface area contributed by atoms with E-state index in [1.807, 2.05) is 12.2 Å². The van der Waals surface area contributed by atoms with E-state index in [4.69, 9.17) is 0 Å². The van der Waals surface area contributed by atoms with Crippen LogP contribution < -0.4 is 0 Å². The lowest BCUT2D eigenvalue weighted by Crippen LogP contribution is -2.51. The van der Waals surface area contributed by atoms with Crippen LogP contribution in [0.2, 0.25) is 0 Å². The fraction of sp³-hybridized carbons (Fsp3) is 0.594. The van der Waals surface area contributed by atoms with Gasteiger partial charge in [-0.3, -0.25) is 4.90 Å². The fourth-order valence-corrected chi connectivity index (χ4v) is 6.40. The van der Waals surface area contributed by atoms with Crippen molar-refractivity contribution in [2.45, 2.75) is 84.1 Å². The zero-order valence-electron chi connectivity index (χ0n) is 21.9. The first-order chi connectivity index (χ1) is 16.5. The van der Waals surface area contributed by atoms with Crippen molar-refractivity contribution in [2.75, 3.05) is 32.7 Å². The van der Waals surface area contributed by atoms with Gasteiger partial charge < -0.3 is 4.90 Å². The molecular formula is C32H46N2. The summed E-state index contributed by atoms with van der Waals surface area (Å²) in [6.45, 7) is 13.1. The molecule has 2 atom stereocenters. The molecule has 1 aliphatic heterocycles. The summed E-state index contributed by atoms with van der Waals surface area (Å²) >= 11 is 0. The minimum absolute atomic E-state index is 0.401. The maximum Gasteiger partial charge on any atom is 0.0321 e. The van der Waals surface area contributed by atoms with E-state index in [2.05, 4.69) is 78.8 Å². The Hall–Kier alpha value is -1.86. The van der Waals surface area contributed by atoms with Crippen LogP contribution in [0.1, 0.15) is 82.3 Å². The Kier molecular flexibility index (Phi) is 9.06. The number of benzene rings is 1. The first kappa shape index (κ1) is 25.2. The van der Waals surface area contributed by atoms with Gasteiger partial charge in [-0.1, -0.05) is 87.4 Å². The summed E-state index contributed by atoms with van der Waals surface area (Å²) in [5, 5.41) is 0. The Balaban J connectivity index is 1.45. The molecule has 0 bridgehead atoms. The minimum atomic E-state index is 0.401. The first-order valence-corrected chi connectivity index (χ1v) is 13.9. The van der Waals surface area contributed by atoms with Gasteiger partial charge in [0.05, 0.1) is 0 Å². The highest BCUT2D eigenvalue weighted by Crippen LogP contribution is 2.46. The van der Waals surface area contributed by atoms with Crippen LogP contribution in [0, 0.1) is 12.3 Å². The van der Waals surface area contributed by atoms with Gasteiger partial charge in [-0.2, -0.15) is 0 Å². The molecule has 2 nitrogen and oxygen atoms in total. The largest absolute Gasteiger partial charge is 0.300 e. The smallest absolute Gasteiger partial charge is 0.0321 e. The maximum atomic E-state index is 3.19. The average molecular weight is 459 g/mol. The molecule has 1 aromatic rings. The van der Waals surface area contributed by atoms with Crippen molar-refractivity contribution in [3.8, 4) is 0 Å². The van der Waals surface area contributed by atoms with Crippen LogP contribution >= 0.6 is 0 Å². The van der Waals surface area contributed by atoms with Crippen LogP contribution in [0.25, 0.3) is 0 Å². The van der Waals surface area contributed by atoms with Gasteiger partial charge in [0.25, 0.3) is 0 Å². The van der Waals surface area contributed by atoms with Crippen LogP contribution in [0.3, 0.4) is 0 Å². The molecule has 0 aromatic heterocycles. The van der Waals surface area contributed by atoms with Gasteiger partial charge in [0, 0.05) is 44.7 Å². The molecule has 2 aliphatic carbocycles. The summed E-state index contributed by atoms with van der Waals surface area (Å²) < 4.78 is 0. The highest BCUT2D eigenvalue weighted by molar-refractivity contribution is 5.33. The second-order valence-electron chi connectivity index (χ2n) is 11.3. The molecule has 0 N–H and O–H groups in total. The maximum absolute atomic E-state index is 3.19. The SMILES string of the molecule is Cc1cccc(C(CN2CCN([C@H](C)C3=CC=C=CC=C3)CC2)C2(C)CCCCCCCC2)c1. The molecule has 1 saturated carbocycles. The highest BCUT2D eigenvalue weighted by Gasteiger charge is 2.36. The highest BCUT2D eigenvalue weighted by atomic mass is 15.3. The molecule has 1 heterocycles. The predicted molar refractivity (Wildman–Crippen MR) is 146 cm³/mol. The van der Waals surface area contributed by atoms with Crippen molar-refractivity contribution in [2.24, 2.45) is 5.41 Å². The van der Waals surface area contributed by atoms with E-state index >= 15 is 0 Å². The van der Waals surface area contributed by atoms with Crippen LogP contribution in [0.15, 0.2) is 65.9 Å². The summed E-state index contributed by atoms with van der Waals surface area (Å²) in [5.74, 6) is 0.623. The number of aryl methyl sites for hydroxylation is 1. The van der Waals surface area contributed by atoms with E-state index in [1.165, 1.54) is 82.1 Å². The Labute approximate surface area is 209 Å². The monoisotopic (exact) mass is 458 g/mol. The number of piperazine rings is 1. The van der Waals surface area contributed by atoms with Gasteiger partial charge in [-0.05, 0) is 61.5 Å². The van der Waals surface area contributed by atoms with Crippen molar-refractivity contribution >= 4 is 0 Å².